The van der Waals surface area contributed by atoms with Gasteiger partial charge in [-0.3, -0.25) is 10.2 Å². The number of ether oxygens (including phenoxy) is 4. The van der Waals surface area contributed by atoms with Gasteiger partial charge < -0.3 is 18.9 Å². The average molecular weight is 450 g/mol. The van der Waals surface area contributed by atoms with Crippen LogP contribution < -0.4 is 14.9 Å². The van der Waals surface area contributed by atoms with Gasteiger partial charge in [0.15, 0.2) is 17.6 Å². The molecule has 0 saturated carbocycles. The van der Waals surface area contributed by atoms with Crippen molar-refractivity contribution in [2.24, 2.45) is 5.10 Å². The summed E-state index contributed by atoms with van der Waals surface area (Å²) in [5.41, 5.74) is 4.22. The van der Waals surface area contributed by atoms with Gasteiger partial charge in [0.05, 0.1) is 38.1 Å². The minimum atomic E-state index is -0.756. The van der Waals surface area contributed by atoms with E-state index in [2.05, 4.69) is 15.5 Å². The molecule has 0 amide bonds. The van der Waals surface area contributed by atoms with Crippen molar-refractivity contribution >= 4 is 34.6 Å². The summed E-state index contributed by atoms with van der Waals surface area (Å²) in [6.45, 7) is 8.05. The fourth-order valence-electron chi connectivity index (χ4n) is 2.43. The van der Waals surface area contributed by atoms with E-state index in [4.69, 9.17) is 18.9 Å². The van der Waals surface area contributed by atoms with Crippen molar-refractivity contribution in [3.05, 3.63) is 34.8 Å². The highest BCUT2D eigenvalue weighted by Gasteiger charge is 2.18. The highest BCUT2D eigenvalue weighted by atomic mass is 32.1. The molecule has 0 radical (unpaired) electrons. The first kappa shape index (κ1) is 24.1. The molecule has 31 heavy (non-hydrogen) atoms. The lowest BCUT2D eigenvalue weighted by Gasteiger charge is -2.16. The maximum atomic E-state index is 11.8. The number of thiazole rings is 1. The van der Waals surface area contributed by atoms with Crippen molar-refractivity contribution < 1.29 is 28.5 Å². The Balaban J connectivity index is 2.00. The van der Waals surface area contributed by atoms with Crippen molar-refractivity contribution in [3.8, 4) is 11.5 Å². The number of hydrogen-bond acceptors (Lipinski definition) is 10. The van der Waals surface area contributed by atoms with Crippen molar-refractivity contribution in [1.29, 1.82) is 0 Å². The fraction of sp³-hybridized carbons (Fsp3) is 0.429. The van der Waals surface area contributed by atoms with Gasteiger partial charge in [0.25, 0.3) is 0 Å². The molecular formula is C21H27N3O6S. The predicted octanol–water partition coefficient (Wildman–Crippen LogP) is 3.42. The lowest BCUT2D eigenvalue weighted by molar-refractivity contribution is -0.150. The van der Waals surface area contributed by atoms with E-state index < -0.39 is 12.1 Å². The highest BCUT2D eigenvalue weighted by Crippen LogP contribution is 2.29. The SMILES string of the molecule is CCOC(=O)Cc1csc(NN=Cc2ccc(OC(C)C(=O)OCC)c(OCC)c2)n1. The number of carbonyl (C=O) groups excluding carboxylic acids is 2. The topological polar surface area (TPSA) is 108 Å². The quantitative estimate of drug-likeness (QED) is 0.298. The van der Waals surface area contributed by atoms with Crippen LogP contribution in [0.1, 0.15) is 39.0 Å². The number of carbonyl (C=O) groups is 2. The van der Waals surface area contributed by atoms with Crippen molar-refractivity contribution in [2.45, 2.75) is 40.2 Å². The zero-order valence-electron chi connectivity index (χ0n) is 18.0. The third kappa shape index (κ3) is 7.89. The number of aromatic nitrogens is 1. The molecule has 168 valence electrons. The normalized spacial score (nSPS) is 11.7. The van der Waals surface area contributed by atoms with Crippen LogP contribution in [0, 0.1) is 0 Å². The van der Waals surface area contributed by atoms with E-state index >= 15 is 0 Å². The maximum Gasteiger partial charge on any atom is 0.347 e. The fourth-order valence-corrected chi connectivity index (χ4v) is 3.09. The Hall–Kier alpha value is -3.14. The monoisotopic (exact) mass is 449 g/mol. The molecule has 2 rings (SSSR count). The first-order valence-electron chi connectivity index (χ1n) is 9.96. The number of nitrogens with one attached hydrogen (secondary N) is 1. The second-order valence-electron chi connectivity index (χ2n) is 6.15. The molecule has 0 aliphatic rings. The molecular weight excluding hydrogens is 422 g/mol. The standard InChI is InChI=1S/C21H27N3O6S/c1-5-27-18-10-15(8-9-17(18)30-14(4)20(26)29-7-3)12-22-24-21-23-16(13-31-21)11-19(25)28-6-2/h8-10,12-14H,5-7,11H2,1-4H3,(H,23,24). The van der Waals surface area contributed by atoms with Crippen molar-refractivity contribution in [2.75, 3.05) is 25.2 Å². The van der Waals surface area contributed by atoms with E-state index in [0.29, 0.717) is 35.5 Å². The van der Waals surface area contributed by atoms with Gasteiger partial charge in [-0.1, -0.05) is 0 Å². The summed E-state index contributed by atoms with van der Waals surface area (Å²) in [6.07, 6.45) is 0.973. The van der Waals surface area contributed by atoms with Gasteiger partial charge in [0.2, 0.25) is 5.13 Å². The minimum Gasteiger partial charge on any atom is -0.490 e. The first-order valence-corrected chi connectivity index (χ1v) is 10.8. The van der Waals surface area contributed by atoms with E-state index in [1.54, 1.807) is 50.6 Å². The summed E-state index contributed by atoms with van der Waals surface area (Å²) in [6, 6.07) is 5.26. The minimum absolute atomic E-state index is 0.124. The van der Waals surface area contributed by atoms with Gasteiger partial charge in [-0.25, -0.2) is 9.78 Å². The number of anilines is 1. The van der Waals surface area contributed by atoms with E-state index in [0.717, 1.165) is 5.56 Å². The Morgan fingerprint density at radius 2 is 1.94 bits per heavy atom. The molecule has 0 spiro atoms. The van der Waals surface area contributed by atoms with Crippen LogP contribution in [0.15, 0.2) is 28.7 Å². The number of rotatable bonds is 12. The molecule has 2 aromatic rings. The molecule has 1 unspecified atom stereocenters. The molecule has 0 bridgehead atoms. The van der Waals surface area contributed by atoms with Crippen LogP contribution in [0.3, 0.4) is 0 Å². The van der Waals surface area contributed by atoms with Crippen molar-refractivity contribution in [1.82, 2.24) is 4.98 Å². The number of hydrogen-bond donors (Lipinski definition) is 1. The lowest BCUT2D eigenvalue weighted by atomic mass is 10.2. The van der Waals surface area contributed by atoms with Crippen LogP contribution in [0.25, 0.3) is 0 Å². The summed E-state index contributed by atoms with van der Waals surface area (Å²) in [5.74, 6) is 0.182. The van der Waals surface area contributed by atoms with Crippen LogP contribution in [-0.2, 0) is 25.5 Å². The zero-order chi connectivity index (χ0) is 22.6. The molecule has 1 heterocycles. The van der Waals surface area contributed by atoms with E-state index in [9.17, 15) is 9.59 Å². The molecule has 1 atom stereocenters. The molecule has 10 heteroatoms. The molecule has 0 aliphatic carbocycles. The van der Waals surface area contributed by atoms with E-state index in [1.165, 1.54) is 11.3 Å². The summed E-state index contributed by atoms with van der Waals surface area (Å²) >= 11 is 1.34. The van der Waals surface area contributed by atoms with Gasteiger partial charge in [-0.2, -0.15) is 5.10 Å². The van der Waals surface area contributed by atoms with Crippen LogP contribution >= 0.6 is 11.3 Å². The van der Waals surface area contributed by atoms with Crippen LogP contribution in [0.2, 0.25) is 0 Å². The van der Waals surface area contributed by atoms with Crippen LogP contribution in [0.4, 0.5) is 5.13 Å². The first-order chi connectivity index (χ1) is 15.0. The Morgan fingerprint density at radius 3 is 2.65 bits per heavy atom. The van der Waals surface area contributed by atoms with Gasteiger partial charge in [0.1, 0.15) is 0 Å². The predicted molar refractivity (Wildman–Crippen MR) is 118 cm³/mol. The molecule has 0 fully saturated rings. The van der Waals surface area contributed by atoms with Gasteiger partial charge in [0, 0.05) is 5.38 Å². The molecule has 9 nitrogen and oxygen atoms in total. The summed E-state index contributed by atoms with van der Waals surface area (Å²) < 4.78 is 21.2. The Kier molecular flexibility index (Phi) is 9.76. The number of benzene rings is 1. The van der Waals surface area contributed by atoms with Gasteiger partial charge >= 0.3 is 11.9 Å². The maximum absolute atomic E-state index is 11.8. The van der Waals surface area contributed by atoms with Crippen LogP contribution in [-0.4, -0.2) is 49.1 Å². The Bertz CT molecular complexity index is 899. The molecule has 1 N–H and O–H groups in total. The number of hydrazone groups is 1. The van der Waals surface area contributed by atoms with Crippen LogP contribution in [0.5, 0.6) is 11.5 Å². The summed E-state index contributed by atoms with van der Waals surface area (Å²) in [5, 5.41) is 6.51. The van der Waals surface area contributed by atoms with Crippen molar-refractivity contribution in [3.63, 3.8) is 0 Å². The molecule has 0 saturated heterocycles. The second-order valence-corrected chi connectivity index (χ2v) is 7.01. The largest absolute Gasteiger partial charge is 0.490 e. The van der Waals surface area contributed by atoms with E-state index in [-0.39, 0.29) is 19.0 Å². The zero-order valence-corrected chi connectivity index (χ0v) is 18.9. The third-order valence-corrected chi connectivity index (χ3v) is 4.54. The lowest BCUT2D eigenvalue weighted by Crippen LogP contribution is -2.26. The number of nitrogens with zero attached hydrogens (tertiary/aromatic N) is 2. The highest BCUT2D eigenvalue weighted by molar-refractivity contribution is 7.13. The Morgan fingerprint density at radius 1 is 1.16 bits per heavy atom. The summed E-state index contributed by atoms with van der Waals surface area (Å²) in [4.78, 5) is 27.6. The second kappa shape index (κ2) is 12.5. The molecule has 0 aliphatic heterocycles. The number of esters is 2. The third-order valence-electron chi connectivity index (χ3n) is 3.75. The smallest absolute Gasteiger partial charge is 0.347 e. The summed E-state index contributed by atoms with van der Waals surface area (Å²) in [7, 11) is 0. The molecule has 1 aromatic carbocycles. The molecule has 1 aromatic heterocycles. The van der Waals surface area contributed by atoms with Gasteiger partial charge in [-0.05, 0) is 51.5 Å². The van der Waals surface area contributed by atoms with E-state index in [1.807, 2.05) is 6.92 Å². The van der Waals surface area contributed by atoms with Gasteiger partial charge in [-0.15, -0.1) is 11.3 Å². The average Bonchev–Trinajstić information content (AvgIpc) is 3.17. The Labute approximate surface area is 185 Å².